The number of hydrogen-bond donors (Lipinski definition) is 0. The van der Waals surface area contributed by atoms with E-state index < -0.39 is 0 Å². The minimum absolute atomic E-state index is 0.103. The Balaban J connectivity index is 1.71. The quantitative estimate of drug-likeness (QED) is 0.490. The van der Waals surface area contributed by atoms with E-state index in [0.717, 1.165) is 11.1 Å². The van der Waals surface area contributed by atoms with Crippen molar-refractivity contribution in [1.29, 1.82) is 0 Å². The molecule has 3 aromatic carbocycles. The number of hydrogen-bond acceptors (Lipinski definition) is 3. The van der Waals surface area contributed by atoms with Crippen LogP contribution < -0.4 is 5.43 Å². The summed E-state index contributed by atoms with van der Waals surface area (Å²) in [7, 11) is 0. The first kappa shape index (κ1) is 18.7. The highest BCUT2D eigenvalue weighted by Crippen LogP contribution is 2.17. The summed E-state index contributed by atoms with van der Waals surface area (Å²) in [6, 6.07) is 24.4. The Morgan fingerprint density at radius 1 is 0.897 bits per heavy atom. The molecule has 29 heavy (non-hydrogen) atoms. The lowest BCUT2D eigenvalue weighted by Gasteiger charge is -2.23. The average Bonchev–Trinajstić information content (AvgIpc) is 2.76. The van der Waals surface area contributed by atoms with Gasteiger partial charge in [-0.05, 0) is 36.8 Å². The van der Waals surface area contributed by atoms with Crippen molar-refractivity contribution in [2.24, 2.45) is 0 Å². The number of nitrogens with zero attached hydrogens (tertiary/aromatic N) is 1. The lowest BCUT2D eigenvalue weighted by atomic mass is 10.1. The minimum Gasteiger partial charge on any atom is -0.464 e. The Morgan fingerprint density at radius 3 is 2.31 bits per heavy atom. The van der Waals surface area contributed by atoms with Crippen LogP contribution in [0.15, 0.2) is 94.3 Å². The van der Waals surface area contributed by atoms with Crippen molar-refractivity contribution in [2.45, 2.75) is 20.0 Å². The van der Waals surface area contributed by atoms with Gasteiger partial charge in [0.1, 0.15) is 5.58 Å². The molecule has 1 heterocycles. The number of carbonyl (C=O) groups is 1. The van der Waals surface area contributed by atoms with E-state index in [1.54, 1.807) is 23.1 Å². The maximum Gasteiger partial charge on any atom is 0.254 e. The van der Waals surface area contributed by atoms with Gasteiger partial charge in [0.05, 0.1) is 23.8 Å². The van der Waals surface area contributed by atoms with Crippen molar-refractivity contribution in [3.8, 4) is 0 Å². The molecular formula is C25H21NO3. The van der Waals surface area contributed by atoms with Gasteiger partial charge in [-0.2, -0.15) is 0 Å². The number of amides is 1. The fourth-order valence-corrected chi connectivity index (χ4v) is 3.37. The second-order valence-corrected chi connectivity index (χ2v) is 7.10. The average molecular weight is 383 g/mol. The second-order valence-electron chi connectivity index (χ2n) is 7.10. The molecule has 4 heteroatoms. The molecule has 0 spiro atoms. The molecule has 4 aromatic rings. The fourth-order valence-electron chi connectivity index (χ4n) is 3.37. The third kappa shape index (κ3) is 4.11. The van der Waals surface area contributed by atoms with Crippen LogP contribution in [-0.2, 0) is 13.1 Å². The summed E-state index contributed by atoms with van der Waals surface area (Å²) < 4.78 is 5.68. The number of benzene rings is 3. The van der Waals surface area contributed by atoms with Gasteiger partial charge in [0, 0.05) is 12.1 Å². The molecule has 4 nitrogen and oxygen atoms in total. The van der Waals surface area contributed by atoms with Crippen molar-refractivity contribution >= 4 is 16.9 Å². The summed E-state index contributed by atoms with van der Waals surface area (Å²) in [4.78, 5) is 27.9. The van der Waals surface area contributed by atoms with Gasteiger partial charge in [0.15, 0.2) is 5.43 Å². The third-order valence-corrected chi connectivity index (χ3v) is 4.88. The van der Waals surface area contributed by atoms with E-state index in [-0.39, 0.29) is 17.9 Å². The van der Waals surface area contributed by atoms with E-state index in [1.807, 2.05) is 67.6 Å². The lowest BCUT2D eigenvalue weighted by molar-refractivity contribution is 0.0729. The van der Waals surface area contributed by atoms with E-state index in [9.17, 15) is 9.59 Å². The normalized spacial score (nSPS) is 10.8. The molecular weight excluding hydrogens is 362 g/mol. The number of fused-ring (bicyclic) bond motifs is 1. The molecule has 1 amide bonds. The topological polar surface area (TPSA) is 50.5 Å². The zero-order valence-electron chi connectivity index (χ0n) is 16.2. The van der Waals surface area contributed by atoms with E-state index in [2.05, 4.69) is 0 Å². The van der Waals surface area contributed by atoms with Crippen LogP contribution in [0.3, 0.4) is 0 Å². The van der Waals surface area contributed by atoms with Crippen LogP contribution in [0.25, 0.3) is 11.0 Å². The van der Waals surface area contributed by atoms with Gasteiger partial charge in [0.25, 0.3) is 5.91 Å². The maximum atomic E-state index is 13.2. The van der Waals surface area contributed by atoms with Crippen molar-refractivity contribution in [3.05, 3.63) is 118 Å². The predicted molar refractivity (Wildman–Crippen MR) is 114 cm³/mol. The molecule has 0 saturated carbocycles. The van der Waals surface area contributed by atoms with Crippen molar-refractivity contribution in [3.63, 3.8) is 0 Å². The highest BCUT2D eigenvalue weighted by atomic mass is 16.3. The molecule has 1 aromatic heterocycles. The molecule has 0 aliphatic carbocycles. The molecule has 0 unspecified atom stereocenters. The van der Waals surface area contributed by atoms with E-state index in [4.69, 9.17) is 4.42 Å². The zero-order chi connectivity index (χ0) is 20.2. The van der Waals surface area contributed by atoms with E-state index in [0.29, 0.717) is 28.6 Å². The first-order chi connectivity index (χ1) is 14.1. The zero-order valence-corrected chi connectivity index (χ0v) is 16.2. The summed E-state index contributed by atoms with van der Waals surface area (Å²) in [5, 5.41) is 0.536. The first-order valence-corrected chi connectivity index (χ1v) is 9.51. The molecule has 4 rings (SSSR count). The van der Waals surface area contributed by atoms with Crippen LogP contribution in [0.2, 0.25) is 0 Å². The Hall–Kier alpha value is -3.66. The van der Waals surface area contributed by atoms with Crippen molar-refractivity contribution in [1.82, 2.24) is 4.90 Å². The standard InChI is InChI=1S/C25H21NO3/c1-18-12-13-23-22(14-18)24(27)21(17-29-23)16-26(15-19-8-4-2-5-9-19)25(28)20-10-6-3-7-11-20/h2-14,17H,15-16H2,1H3. The van der Waals surface area contributed by atoms with E-state index in [1.165, 1.54) is 6.26 Å². The minimum atomic E-state index is -0.127. The summed E-state index contributed by atoms with van der Waals surface area (Å²) in [6.45, 7) is 2.51. The number of aryl methyl sites for hydroxylation is 1. The van der Waals surface area contributed by atoms with Gasteiger partial charge in [-0.3, -0.25) is 9.59 Å². The molecule has 0 atom stereocenters. The molecule has 0 bridgehead atoms. The van der Waals surface area contributed by atoms with Crippen LogP contribution >= 0.6 is 0 Å². The summed E-state index contributed by atoms with van der Waals surface area (Å²) >= 11 is 0. The van der Waals surface area contributed by atoms with Gasteiger partial charge in [-0.1, -0.05) is 60.2 Å². The van der Waals surface area contributed by atoms with Crippen LogP contribution in [0.5, 0.6) is 0 Å². The SMILES string of the molecule is Cc1ccc2occ(CN(Cc3ccccc3)C(=O)c3ccccc3)c(=O)c2c1. The van der Waals surface area contributed by atoms with Crippen LogP contribution in [0.4, 0.5) is 0 Å². The molecule has 0 N–H and O–H groups in total. The third-order valence-electron chi connectivity index (χ3n) is 4.88. The molecule has 0 saturated heterocycles. The Kier molecular flexibility index (Phi) is 5.25. The smallest absolute Gasteiger partial charge is 0.254 e. The molecule has 0 radical (unpaired) electrons. The van der Waals surface area contributed by atoms with Crippen molar-refractivity contribution < 1.29 is 9.21 Å². The fraction of sp³-hybridized carbons (Fsp3) is 0.120. The van der Waals surface area contributed by atoms with Gasteiger partial charge in [-0.25, -0.2) is 0 Å². The summed E-state index contributed by atoms with van der Waals surface area (Å²) in [6.07, 6.45) is 1.47. The van der Waals surface area contributed by atoms with Crippen LogP contribution in [0, 0.1) is 6.92 Å². The van der Waals surface area contributed by atoms with E-state index >= 15 is 0 Å². The Bertz CT molecular complexity index is 1200. The van der Waals surface area contributed by atoms with Crippen molar-refractivity contribution in [2.75, 3.05) is 0 Å². The Labute approximate surface area is 169 Å². The maximum absolute atomic E-state index is 13.2. The van der Waals surface area contributed by atoms with Gasteiger partial charge in [0.2, 0.25) is 0 Å². The summed E-state index contributed by atoms with van der Waals surface area (Å²) in [5.74, 6) is -0.127. The second kappa shape index (κ2) is 8.15. The molecule has 0 aliphatic rings. The number of rotatable bonds is 5. The van der Waals surface area contributed by atoms with Crippen LogP contribution in [0.1, 0.15) is 27.0 Å². The highest BCUT2D eigenvalue weighted by Gasteiger charge is 2.19. The summed E-state index contributed by atoms with van der Waals surface area (Å²) in [5.41, 5.74) is 3.48. The molecule has 144 valence electrons. The van der Waals surface area contributed by atoms with Gasteiger partial charge >= 0.3 is 0 Å². The first-order valence-electron chi connectivity index (χ1n) is 9.51. The number of carbonyl (C=O) groups excluding carboxylic acids is 1. The molecule has 0 aliphatic heterocycles. The van der Waals surface area contributed by atoms with Gasteiger partial charge in [-0.15, -0.1) is 0 Å². The molecule has 0 fully saturated rings. The van der Waals surface area contributed by atoms with Gasteiger partial charge < -0.3 is 9.32 Å². The highest BCUT2D eigenvalue weighted by molar-refractivity contribution is 5.94. The predicted octanol–water partition coefficient (Wildman–Crippen LogP) is 4.94. The monoisotopic (exact) mass is 383 g/mol. The Morgan fingerprint density at radius 2 is 1.59 bits per heavy atom. The lowest BCUT2D eigenvalue weighted by Crippen LogP contribution is -2.32. The largest absolute Gasteiger partial charge is 0.464 e. The van der Waals surface area contributed by atoms with Crippen LogP contribution in [-0.4, -0.2) is 10.8 Å².